The van der Waals surface area contributed by atoms with E-state index in [1.807, 2.05) is 44.2 Å². The largest absolute Gasteiger partial charge is 0.452 e. The van der Waals surface area contributed by atoms with Crippen LogP contribution in [0.25, 0.3) is 6.08 Å². The average Bonchev–Trinajstić information content (AvgIpc) is 2.70. The smallest absolute Gasteiger partial charge is 0.331 e. The molecule has 0 aromatic heterocycles. The SMILES string of the molecule is CC(C)CNC(=O)c1ccccc1NC(=O)COC(=O)/C=C/c1ccccc1. The predicted molar refractivity (Wildman–Crippen MR) is 109 cm³/mol. The van der Waals surface area contributed by atoms with Gasteiger partial charge in [0.05, 0.1) is 11.3 Å². The molecule has 0 saturated carbocycles. The van der Waals surface area contributed by atoms with E-state index >= 15 is 0 Å². The summed E-state index contributed by atoms with van der Waals surface area (Å²) in [4.78, 5) is 36.1. The van der Waals surface area contributed by atoms with Gasteiger partial charge in [-0.05, 0) is 29.7 Å². The molecule has 146 valence electrons. The van der Waals surface area contributed by atoms with E-state index in [-0.39, 0.29) is 5.91 Å². The van der Waals surface area contributed by atoms with Gasteiger partial charge in [-0.15, -0.1) is 0 Å². The van der Waals surface area contributed by atoms with Crippen LogP contribution in [-0.2, 0) is 14.3 Å². The minimum absolute atomic E-state index is 0.271. The second kappa shape index (κ2) is 10.7. The van der Waals surface area contributed by atoms with E-state index in [1.54, 1.807) is 30.3 Å². The molecule has 2 N–H and O–H groups in total. The van der Waals surface area contributed by atoms with Gasteiger partial charge in [0.2, 0.25) is 0 Å². The maximum Gasteiger partial charge on any atom is 0.331 e. The molecule has 0 aliphatic heterocycles. The molecule has 0 aliphatic rings. The average molecular weight is 380 g/mol. The van der Waals surface area contributed by atoms with Crippen LogP contribution in [0.1, 0.15) is 29.8 Å². The van der Waals surface area contributed by atoms with E-state index in [1.165, 1.54) is 6.08 Å². The minimum atomic E-state index is -0.623. The molecule has 0 bridgehead atoms. The number of ether oxygens (including phenoxy) is 1. The zero-order valence-corrected chi connectivity index (χ0v) is 16.0. The van der Waals surface area contributed by atoms with Gasteiger partial charge in [-0.2, -0.15) is 0 Å². The number of nitrogens with one attached hydrogen (secondary N) is 2. The number of hydrogen-bond acceptors (Lipinski definition) is 4. The van der Waals surface area contributed by atoms with Crippen molar-refractivity contribution < 1.29 is 19.1 Å². The lowest BCUT2D eigenvalue weighted by molar-refractivity contribution is -0.142. The van der Waals surface area contributed by atoms with Crippen molar-refractivity contribution in [2.75, 3.05) is 18.5 Å². The van der Waals surface area contributed by atoms with Crippen LogP contribution in [0.4, 0.5) is 5.69 Å². The molecule has 6 heteroatoms. The third-order valence-corrected chi connectivity index (χ3v) is 3.67. The lowest BCUT2D eigenvalue weighted by Gasteiger charge is -2.12. The number of hydrogen-bond donors (Lipinski definition) is 2. The molecule has 6 nitrogen and oxygen atoms in total. The molecule has 0 heterocycles. The van der Waals surface area contributed by atoms with Gasteiger partial charge in [-0.25, -0.2) is 4.79 Å². The summed E-state index contributed by atoms with van der Waals surface area (Å²) >= 11 is 0. The topological polar surface area (TPSA) is 84.5 Å². The summed E-state index contributed by atoms with van der Waals surface area (Å²) in [6.45, 7) is 4.08. The molecule has 0 unspecified atom stereocenters. The summed E-state index contributed by atoms with van der Waals surface area (Å²) in [6, 6.07) is 16.0. The first-order valence-corrected chi connectivity index (χ1v) is 9.02. The molecule has 0 saturated heterocycles. The lowest BCUT2D eigenvalue weighted by atomic mass is 10.1. The molecule has 0 fully saturated rings. The number of anilines is 1. The van der Waals surface area contributed by atoms with Crippen molar-refractivity contribution in [3.63, 3.8) is 0 Å². The first-order chi connectivity index (χ1) is 13.5. The van der Waals surface area contributed by atoms with Crippen molar-refractivity contribution in [3.8, 4) is 0 Å². The van der Waals surface area contributed by atoms with Crippen molar-refractivity contribution in [1.82, 2.24) is 5.32 Å². The highest BCUT2D eigenvalue weighted by Crippen LogP contribution is 2.15. The van der Waals surface area contributed by atoms with E-state index in [9.17, 15) is 14.4 Å². The van der Waals surface area contributed by atoms with Crippen LogP contribution in [0.2, 0.25) is 0 Å². The highest BCUT2D eigenvalue weighted by molar-refractivity contribution is 6.04. The van der Waals surface area contributed by atoms with Crippen LogP contribution in [0.15, 0.2) is 60.7 Å². The van der Waals surface area contributed by atoms with Crippen LogP contribution in [0, 0.1) is 5.92 Å². The minimum Gasteiger partial charge on any atom is -0.452 e. The zero-order valence-electron chi connectivity index (χ0n) is 16.0. The fraction of sp³-hybridized carbons (Fsp3) is 0.227. The molecule has 0 atom stereocenters. The van der Waals surface area contributed by atoms with Crippen LogP contribution < -0.4 is 10.6 Å². The Morgan fingerprint density at radius 2 is 1.68 bits per heavy atom. The van der Waals surface area contributed by atoms with Crippen molar-refractivity contribution >= 4 is 29.5 Å². The number of rotatable bonds is 8. The Balaban J connectivity index is 1.88. The Hall–Kier alpha value is -3.41. The van der Waals surface area contributed by atoms with E-state index in [2.05, 4.69) is 10.6 Å². The number of benzene rings is 2. The van der Waals surface area contributed by atoms with Gasteiger partial charge in [0, 0.05) is 12.6 Å². The van der Waals surface area contributed by atoms with Gasteiger partial charge < -0.3 is 15.4 Å². The van der Waals surface area contributed by atoms with Gasteiger partial charge in [0.25, 0.3) is 11.8 Å². The quantitative estimate of drug-likeness (QED) is 0.544. The number of carbonyl (C=O) groups excluding carboxylic acids is 3. The summed E-state index contributed by atoms with van der Waals surface area (Å²) < 4.78 is 4.94. The van der Waals surface area contributed by atoms with E-state index in [0.717, 1.165) is 5.56 Å². The van der Waals surface area contributed by atoms with E-state index < -0.39 is 18.5 Å². The van der Waals surface area contributed by atoms with Gasteiger partial charge in [-0.1, -0.05) is 56.3 Å². The molecular formula is C22H24N2O4. The van der Waals surface area contributed by atoms with Gasteiger partial charge >= 0.3 is 5.97 Å². The van der Waals surface area contributed by atoms with Crippen LogP contribution in [0.5, 0.6) is 0 Å². The highest BCUT2D eigenvalue weighted by Gasteiger charge is 2.14. The second-order valence-corrected chi connectivity index (χ2v) is 6.55. The highest BCUT2D eigenvalue weighted by atomic mass is 16.5. The summed E-state index contributed by atoms with van der Waals surface area (Å²) in [5, 5.41) is 5.42. The number of para-hydroxylation sites is 1. The molecular weight excluding hydrogens is 356 g/mol. The molecule has 0 radical (unpaired) electrons. The Morgan fingerprint density at radius 3 is 2.39 bits per heavy atom. The molecule has 2 rings (SSSR count). The van der Waals surface area contributed by atoms with Gasteiger partial charge in [0.1, 0.15) is 0 Å². The Morgan fingerprint density at radius 1 is 1.00 bits per heavy atom. The second-order valence-electron chi connectivity index (χ2n) is 6.55. The van der Waals surface area contributed by atoms with Crippen molar-refractivity contribution in [3.05, 3.63) is 71.8 Å². The number of esters is 1. The first kappa shape index (κ1) is 20.9. The van der Waals surface area contributed by atoms with Gasteiger partial charge in [-0.3, -0.25) is 9.59 Å². The molecule has 2 aromatic carbocycles. The van der Waals surface area contributed by atoms with Crippen LogP contribution in [0.3, 0.4) is 0 Å². The maximum absolute atomic E-state index is 12.3. The van der Waals surface area contributed by atoms with Crippen LogP contribution in [-0.4, -0.2) is 30.9 Å². The normalized spacial score (nSPS) is 10.7. The maximum atomic E-state index is 12.3. The number of carbonyl (C=O) groups is 3. The number of amides is 2. The molecule has 2 aromatic rings. The van der Waals surface area contributed by atoms with E-state index in [4.69, 9.17) is 4.74 Å². The predicted octanol–water partition coefficient (Wildman–Crippen LogP) is 3.27. The third-order valence-electron chi connectivity index (χ3n) is 3.67. The van der Waals surface area contributed by atoms with E-state index in [0.29, 0.717) is 23.7 Å². The van der Waals surface area contributed by atoms with Crippen LogP contribution >= 0.6 is 0 Å². The summed E-state index contributed by atoms with van der Waals surface area (Å²) in [6.07, 6.45) is 2.87. The monoisotopic (exact) mass is 380 g/mol. The summed E-state index contributed by atoms with van der Waals surface area (Å²) in [5.74, 6) is -1.10. The molecule has 0 aliphatic carbocycles. The summed E-state index contributed by atoms with van der Waals surface area (Å²) in [7, 11) is 0. The zero-order chi connectivity index (χ0) is 20.4. The Kier molecular flexibility index (Phi) is 7.96. The third kappa shape index (κ3) is 7.07. The Labute approximate surface area is 164 Å². The standard InChI is InChI=1S/C22H24N2O4/c1-16(2)14-23-22(27)18-10-6-7-11-19(18)24-20(25)15-28-21(26)13-12-17-8-4-3-5-9-17/h3-13,16H,14-15H2,1-2H3,(H,23,27)(H,24,25)/b13-12+. The van der Waals surface area contributed by atoms with Crippen molar-refractivity contribution in [2.45, 2.75) is 13.8 Å². The molecule has 2 amide bonds. The Bertz CT molecular complexity index is 845. The van der Waals surface area contributed by atoms with Gasteiger partial charge in [0.15, 0.2) is 6.61 Å². The summed E-state index contributed by atoms with van der Waals surface area (Å²) in [5.41, 5.74) is 1.57. The molecule has 0 spiro atoms. The first-order valence-electron chi connectivity index (χ1n) is 9.02. The van der Waals surface area contributed by atoms with Crippen molar-refractivity contribution in [2.24, 2.45) is 5.92 Å². The fourth-order valence-electron chi connectivity index (χ4n) is 2.28. The fourth-order valence-corrected chi connectivity index (χ4v) is 2.28. The lowest BCUT2D eigenvalue weighted by Crippen LogP contribution is -2.29. The molecule has 28 heavy (non-hydrogen) atoms. The van der Waals surface area contributed by atoms with Crippen molar-refractivity contribution in [1.29, 1.82) is 0 Å².